The molecular formula is C13H17N5O3S. The number of hydrogen-bond donors (Lipinski definition) is 3. The Labute approximate surface area is 128 Å². The normalized spacial score (nSPS) is 11.2. The van der Waals surface area contributed by atoms with Crippen molar-refractivity contribution in [2.75, 3.05) is 11.9 Å². The summed E-state index contributed by atoms with van der Waals surface area (Å²) in [6.45, 7) is 0.415. The molecular weight excluding hydrogens is 306 g/mol. The van der Waals surface area contributed by atoms with E-state index >= 15 is 0 Å². The molecule has 0 unspecified atom stereocenters. The molecule has 2 amide bonds. The third-order valence-electron chi connectivity index (χ3n) is 3.01. The number of aryl methyl sites for hydroxylation is 1. The summed E-state index contributed by atoms with van der Waals surface area (Å²) in [5.74, 6) is 0.593. The molecule has 0 saturated carbocycles. The van der Waals surface area contributed by atoms with E-state index < -0.39 is 10.0 Å². The van der Waals surface area contributed by atoms with Crippen LogP contribution in [0.4, 0.5) is 10.6 Å². The van der Waals surface area contributed by atoms with Gasteiger partial charge in [-0.3, -0.25) is 10.00 Å². The van der Waals surface area contributed by atoms with E-state index in [4.69, 9.17) is 5.14 Å². The van der Waals surface area contributed by atoms with Gasteiger partial charge in [-0.15, -0.1) is 0 Å². The minimum absolute atomic E-state index is 0.0677. The fourth-order valence-corrected chi connectivity index (χ4v) is 2.34. The molecule has 0 aliphatic carbocycles. The minimum atomic E-state index is -3.67. The quantitative estimate of drug-likeness (QED) is 0.739. The number of nitrogens with two attached hydrogens (primary N) is 1. The predicted octanol–water partition coefficient (Wildman–Crippen LogP) is 0.432. The highest BCUT2D eigenvalue weighted by molar-refractivity contribution is 7.89. The topological polar surface area (TPSA) is 119 Å². The predicted molar refractivity (Wildman–Crippen MR) is 81.7 cm³/mol. The number of anilines is 1. The van der Waals surface area contributed by atoms with Crippen LogP contribution < -0.4 is 15.8 Å². The number of carbonyl (C=O) groups is 1. The molecule has 4 N–H and O–H groups in total. The molecule has 0 aliphatic rings. The lowest BCUT2D eigenvalue weighted by atomic mass is 10.1. The van der Waals surface area contributed by atoms with Crippen molar-refractivity contribution in [3.05, 3.63) is 42.1 Å². The fourth-order valence-electron chi connectivity index (χ4n) is 1.82. The average molecular weight is 323 g/mol. The van der Waals surface area contributed by atoms with Crippen molar-refractivity contribution >= 4 is 21.9 Å². The van der Waals surface area contributed by atoms with E-state index in [1.807, 2.05) is 0 Å². The van der Waals surface area contributed by atoms with Gasteiger partial charge in [-0.05, 0) is 24.1 Å². The number of rotatable bonds is 5. The summed E-state index contributed by atoms with van der Waals surface area (Å²) in [4.78, 5) is 11.7. The van der Waals surface area contributed by atoms with Crippen LogP contribution in [0.2, 0.25) is 0 Å². The third kappa shape index (κ3) is 4.30. The van der Waals surface area contributed by atoms with Gasteiger partial charge in [-0.25, -0.2) is 18.4 Å². The molecule has 0 aliphatic heterocycles. The summed E-state index contributed by atoms with van der Waals surface area (Å²) in [5, 5.41) is 14.3. The van der Waals surface area contributed by atoms with Crippen molar-refractivity contribution in [3.8, 4) is 0 Å². The maximum absolute atomic E-state index is 11.7. The van der Waals surface area contributed by atoms with Gasteiger partial charge in [-0.1, -0.05) is 12.1 Å². The highest BCUT2D eigenvalue weighted by Gasteiger charge is 2.07. The van der Waals surface area contributed by atoms with Crippen LogP contribution >= 0.6 is 0 Å². The van der Waals surface area contributed by atoms with Crippen molar-refractivity contribution in [2.24, 2.45) is 12.2 Å². The van der Waals surface area contributed by atoms with Gasteiger partial charge >= 0.3 is 6.03 Å². The van der Waals surface area contributed by atoms with Gasteiger partial charge in [0.2, 0.25) is 10.0 Å². The number of aromatic nitrogens is 2. The van der Waals surface area contributed by atoms with Gasteiger partial charge in [0.05, 0.1) is 11.1 Å². The Morgan fingerprint density at radius 2 is 1.95 bits per heavy atom. The molecule has 2 aromatic rings. The number of amides is 2. The Hall–Kier alpha value is -2.39. The van der Waals surface area contributed by atoms with Gasteiger partial charge in [0.1, 0.15) is 5.82 Å². The number of benzene rings is 1. The second kappa shape index (κ2) is 6.58. The maximum Gasteiger partial charge on any atom is 0.320 e. The molecule has 0 radical (unpaired) electrons. The summed E-state index contributed by atoms with van der Waals surface area (Å²) >= 11 is 0. The van der Waals surface area contributed by atoms with Crippen molar-refractivity contribution < 1.29 is 13.2 Å². The van der Waals surface area contributed by atoms with Gasteiger partial charge in [0, 0.05) is 19.7 Å². The number of sulfonamides is 1. The highest BCUT2D eigenvalue weighted by Crippen LogP contribution is 2.09. The first-order valence-electron chi connectivity index (χ1n) is 6.51. The van der Waals surface area contributed by atoms with E-state index in [1.54, 1.807) is 36.1 Å². The lowest BCUT2D eigenvalue weighted by Crippen LogP contribution is -2.31. The average Bonchev–Trinajstić information content (AvgIpc) is 2.84. The molecule has 1 aromatic heterocycles. The number of hydrogen-bond acceptors (Lipinski definition) is 4. The standard InChI is InChI=1S/C13H17N5O3S/c1-18-12(7-9-16-18)17-13(19)15-8-6-10-2-4-11(5-3-10)22(14,20)21/h2-5,7,9H,6,8H2,1H3,(H2,14,20,21)(H2,15,17,19). The van der Waals surface area contributed by atoms with Gasteiger partial charge in [0.25, 0.3) is 0 Å². The number of nitrogens with zero attached hydrogens (tertiary/aromatic N) is 2. The van der Waals surface area contributed by atoms with Crippen LogP contribution in [0.25, 0.3) is 0 Å². The van der Waals surface area contributed by atoms with E-state index in [9.17, 15) is 13.2 Å². The fraction of sp³-hybridized carbons (Fsp3) is 0.231. The van der Waals surface area contributed by atoms with Crippen LogP contribution in [0, 0.1) is 0 Å². The van der Waals surface area contributed by atoms with Crippen molar-refractivity contribution in [1.82, 2.24) is 15.1 Å². The van der Waals surface area contributed by atoms with E-state index in [0.29, 0.717) is 18.8 Å². The van der Waals surface area contributed by atoms with Crippen molar-refractivity contribution in [2.45, 2.75) is 11.3 Å². The molecule has 0 bridgehead atoms. The zero-order valence-electron chi connectivity index (χ0n) is 12.0. The largest absolute Gasteiger partial charge is 0.337 e. The summed E-state index contributed by atoms with van der Waals surface area (Å²) in [6, 6.07) is 7.58. The summed E-state index contributed by atoms with van der Waals surface area (Å²) in [7, 11) is -1.95. The number of urea groups is 1. The molecule has 9 heteroatoms. The van der Waals surface area contributed by atoms with Gasteiger partial charge in [0.15, 0.2) is 0 Å². The second-order valence-electron chi connectivity index (χ2n) is 4.66. The minimum Gasteiger partial charge on any atom is -0.337 e. The Balaban J connectivity index is 1.81. The van der Waals surface area contributed by atoms with Gasteiger partial charge in [-0.2, -0.15) is 5.10 Å². The Morgan fingerprint density at radius 1 is 1.27 bits per heavy atom. The van der Waals surface area contributed by atoms with Gasteiger partial charge < -0.3 is 5.32 Å². The first kappa shape index (κ1) is 16.0. The Morgan fingerprint density at radius 3 is 2.50 bits per heavy atom. The first-order chi connectivity index (χ1) is 10.4. The molecule has 0 atom stereocenters. The molecule has 1 heterocycles. The zero-order chi connectivity index (χ0) is 16.2. The number of carbonyl (C=O) groups excluding carboxylic acids is 1. The lowest BCUT2D eigenvalue weighted by molar-refractivity contribution is 0.252. The van der Waals surface area contributed by atoms with Crippen LogP contribution in [0.5, 0.6) is 0 Å². The molecule has 8 nitrogen and oxygen atoms in total. The van der Waals surface area contributed by atoms with E-state index in [0.717, 1.165) is 5.56 Å². The van der Waals surface area contributed by atoms with Crippen LogP contribution in [0.1, 0.15) is 5.56 Å². The molecule has 2 rings (SSSR count). The molecule has 22 heavy (non-hydrogen) atoms. The van der Waals surface area contributed by atoms with E-state index in [1.165, 1.54) is 12.1 Å². The summed E-state index contributed by atoms with van der Waals surface area (Å²) in [5.41, 5.74) is 0.897. The molecule has 0 saturated heterocycles. The Kier molecular flexibility index (Phi) is 4.78. The molecule has 1 aromatic carbocycles. The third-order valence-corrected chi connectivity index (χ3v) is 3.94. The Bertz CT molecular complexity index is 752. The zero-order valence-corrected chi connectivity index (χ0v) is 12.8. The van der Waals surface area contributed by atoms with Crippen LogP contribution in [0.15, 0.2) is 41.4 Å². The smallest absolute Gasteiger partial charge is 0.320 e. The van der Waals surface area contributed by atoms with Crippen LogP contribution in [-0.4, -0.2) is 30.8 Å². The molecule has 0 spiro atoms. The first-order valence-corrected chi connectivity index (χ1v) is 8.05. The molecule has 0 fully saturated rings. The van der Waals surface area contributed by atoms with E-state index in [2.05, 4.69) is 15.7 Å². The summed E-state index contributed by atoms with van der Waals surface area (Å²) < 4.78 is 23.8. The number of nitrogens with one attached hydrogen (secondary N) is 2. The SMILES string of the molecule is Cn1nccc1NC(=O)NCCc1ccc(S(N)(=O)=O)cc1. The summed E-state index contributed by atoms with van der Waals surface area (Å²) in [6.07, 6.45) is 2.16. The molecule has 118 valence electrons. The van der Waals surface area contributed by atoms with Crippen molar-refractivity contribution in [1.29, 1.82) is 0 Å². The second-order valence-corrected chi connectivity index (χ2v) is 6.22. The van der Waals surface area contributed by atoms with E-state index in [-0.39, 0.29) is 10.9 Å². The van der Waals surface area contributed by atoms with Crippen LogP contribution in [-0.2, 0) is 23.5 Å². The monoisotopic (exact) mass is 323 g/mol. The lowest BCUT2D eigenvalue weighted by Gasteiger charge is -2.08. The van der Waals surface area contributed by atoms with Crippen molar-refractivity contribution in [3.63, 3.8) is 0 Å². The van der Waals surface area contributed by atoms with Crippen LogP contribution in [0.3, 0.4) is 0 Å². The maximum atomic E-state index is 11.7. The highest BCUT2D eigenvalue weighted by atomic mass is 32.2. The number of primary sulfonamides is 1.